The van der Waals surface area contributed by atoms with E-state index in [0.29, 0.717) is 30.6 Å². The Morgan fingerprint density at radius 2 is 1.81 bits per heavy atom. The average molecular weight is 513 g/mol. The highest BCUT2D eigenvalue weighted by Gasteiger charge is 2.28. The lowest BCUT2D eigenvalue weighted by atomic mass is 9.84. The molecule has 7 nitrogen and oxygen atoms in total. The monoisotopic (exact) mass is 512 g/mol. The number of halogens is 1. The Morgan fingerprint density at radius 1 is 1.11 bits per heavy atom. The first kappa shape index (κ1) is 25.9. The number of aromatic nitrogens is 1. The van der Waals surface area contributed by atoms with Crippen molar-refractivity contribution < 1.29 is 24.9 Å². The number of carboxylic acid groups (broad SMARTS) is 1. The third-order valence-corrected chi connectivity index (χ3v) is 7.16. The van der Waals surface area contributed by atoms with E-state index in [4.69, 9.17) is 16.3 Å². The zero-order chi connectivity index (χ0) is 25.7. The maximum atomic E-state index is 11.8. The Bertz CT molecular complexity index is 1150. The summed E-state index contributed by atoms with van der Waals surface area (Å²) in [4.78, 5) is 14.1. The number of hydrogen-bond donors (Lipinski definition) is 3. The number of benzene rings is 2. The van der Waals surface area contributed by atoms with Gasteiger partial charge in [0.2, 0.25) is 0 Å². The molecule has 1 saturated carbocycles. The summed E-state index contributed by atoms with van der Waals surface area (Å²) in [5.41, 5.74) is 3.01. The van der Waals surface area contributed by atoms with Crippen molar-refractivity contribution in [2.24, 2.45) is 5.92 Å². The number of aryl methyl sites for hydroxylation is 1. The average Bonchev–Trinajstić information content (AvgIpc) is 3.13. The van der Waals surface area contributed by atoms with E-state index in [1.807, 2.05) is 43.3 Å². The van der Waals surface area contributed by atoms with Crippen LogP contribution in [0.1, 0.15) is 48.4 Å². The number of rotatable bonds is 12. The summed E-state index contributed by atoms with van der Waals surface area (Å²) >= 11 is 6.09. The Hall–Kier alpha value is -3.16. The van der Waals surface area contributed by atoms with Crippen LogP contribution in [0.15, 0.2) is 54.6 Å². The molecule has 8 heteroatoms. The van der Waals surface area contributed by atoms with Crippen molar-refractivity contribution in [2.75, 3.05) is 13.2 Å². The highest BCUT2D eigenvalue weighted by Crippen LogP contribution is 2.34. The van der Waals surface area contributed by atoms with Crippen LogP contribution in [0.4, 0.5) is 0 Å². The molecule has 36 heavy (non-hydrogen) atoms. The minimum atomic E-state index is -0.826. The number of carbonyl (C=O) groups is 1. The topological polar surface area (TPSA) is 95.2 Å². The number of hydrogen-bond acceptors (Lipinski definition) is 5. The summed E-state index contributed by atoms with van der Waals surface area (Å²) in [6.07, 6.45) is 3.60. The second kappa shape index (κ2) is 11.7. The molecule has 1 unspecified atom stereocenters. The van der Waals surface area contributed by atoms with Crippen molar-refractivity contribution in [3.05, 3.63) is 76.3 Å². The summed E-state index contributed by atoms with van der Waals surface area (Å²) in [5, 5.41) is 29.9. The van der Waals surface area contributed by atoms with E-state index in [9.17, 15) is 20.1 Å². The highest BCUT2D eigenvalue weighted by molar-refractivity contribution is 6.30. The minimum Gasteiger partial charge on any atom is -0.494 e. The van der Waals surface area contributed by atoms with Gasteiger partial charge in [0.1, 0.15) is 12.4 Å². The van der Waals surface area contributed by atoms with E-state index >= 15 is 0 Å². The fourth-order valence-electron chi connectivity index (χ4n) is 4.75. The maximum absolute atomic E-state index is 11.8. The Morgan fingerprint density at radius 3 is 2.39 bits per heavy atom. The first-order chi connectivity index (χ1) is 17.3. The summed E-state index contributed by atoms with van der Waals surface area (Å²) in [5.74, 6) is 0.472. The maximum Gasteiger partial charge on any atom is 0.305 e. The molecule has 1 fully saturated rings. The zero-order valence-electron chi connectivity index (χ0n) is 20.4. The van der Waals surface area contributed by atoms with Crippen LogP contribution in [0.3, 0.4) is 0 Å². The van der Waals surface area contributed by atoms with Gasteiger partial charge in [0.05, 0.1) is 13.0 Å². The van der Waals surface area contributed by atoms with Crippen molar-refractivity contribution in [3.63, 3.8) is 0 Å². The van der Waals surface area contributed by atoms with E-state index in [1.165, 1.54) is 36.0 Å². The van der Waals surface area contributed by atoms with Gasteiger partial charge in [-0.1, -0.05) is 42.3 Å². The van der Waals surface area contributed by atoms with Crippen LogP contribution in [0.2, 0.25) is 5.02 Å². The molecule has 3 N–H and O–H groups in total. The van der Waals surface area contributed by atoms with E-state index in [2.05, 4.69) is 11.0 Å². The summed E-state index contributed by atoms with van der Waals surface area (Å²) < 4.78 is 7.28. The third-order valence-electron chi connectivity index (χ3n) is 6.91. The lowest BCUT2D eigenvalue weighted by Gasteiger charge is -2.37. The predicted octanol–water partition coefficient (Wildman–Crippen LogP) is 5.76. The van der Waals surface area contributed by atoms with Gasteiger partial charge in [-0.15, -0.1) is 0 Å². The van der Waals surface area contributed by atoms with Crippen molar-refractivity contribution in [3.8, 4) is 17.5 Å². The Balaban J connectivity index is 1.48. The van der Waals surface area contributed by atoms with Gasteiger partial charge in [-0.25, -0.2) is 0 Å². The third kappa shape index (κ3) is 6.53. The summed E-state index contributed by atoms with van der Waals surface area (Å²) in [6.45, 7) is 4.07. The molecule has 0 spiro atoms. The van der Waals surface area contributed by atoms with Crippen molar-refractivity contribution >= 4 is 17.6 Å². The van der Waals surface area contributed by atoms with Crippen LogP contribution in [-0.2, 0) is 17.9 Å². The second-order valence-electron chi connectivity index (χ2n) is 9.54. The Kier molecular flexibility index (Phi) is 8.44. The van der Waals surface area contributed by atoms with Crippen LogP contribution in [-0.4, -0.2) is 43.9 Å². The molecule has 1 aliphatic carbocycles. The molecule has 2 aromatic carbocycles. The standard InChI is InChI=1S/C28H33ClN2O5/c1-19-15-21(5-10-25(19)36-14-13-31-26(32)11-12-27(31)33)18-30(17-20-3-2-4-20)24(16-28(34)35)22-6-8-23(29)9-7-22/h5-12,15,20,24,32-33H,2-4,13-14,16-18H2,1H3,(H,34,35). The van der Waals surface area contributed by atoms with E-state index in [-0.39, 0.29) is 24.2 Å². The van der Waals surface area contributed by atoms with Crippen LogP contribution in [0.25, 0.3) is 0 Å². The molecular weight excluding hydrogens is 480 g/mol. The fourth-order valence-corrected chi connectivity index (χ4v) is 4.87. The molecule has 3 aromatic rings. The zero-order valence-corrected chi connectivity index (χ0v) is 21.2. The van der Waals surface area contributed by atoms with Gasteiger partial charge >= 0.3 is 5.97 Å². The van der Waals surface area contributed by atoms with Gasteiger partial charge in [-0.2, -0.15) is 0 Å². The molecule has 192 valence electrons. The number of aromatic hydroxyl groups is 2. The predicted molar refractivity (Wildman–Crippen MR) is 139 cm³/mol. The van der Waals surface area contributed by atoms with Gasteiger partial charge in [0.25, 0.3) is 0 Å². The van der Waals surface area contributed by atoms with Gasteiger partial charge < -0.3 is 20.1 Å². The fraction of sp³-hybridized carbons (Fsp3) is 0.393. The van der Waals surface area contributed by atoms with Gasteiger partial charge in [-0.05, 0) is 60.6 Å². The van der Waals surface area contributed by atoms with Gasteiger partial charge in [0, 0.05) is 36.3 Å². The normalized spacial score (nSPS) is 14.5. The van der Waals surface area contributed by atoms with E-state index in [0.717, 1.165) is 29.0 Å². The number of aliphatic carboxylic acids is 1. The summed E-state index contributed by atoms with van der Waals surface area (Å²) in [6, 6.07) is 16.1. The molecule has 0 saturated heterocycles. The molecule has 1 atom stereocenters. The summed E-state index contributed by atoms with van der Waals surface area (Å²) in [7, 11) is 0. The van der Waals surface area contributed by atoms with Crippen LogP contribution in [0, 0.1) is 12.8 Å². The SMILES string of the molecule is Cc1cc(CN(CC2CCC2)C(CC(=O)O)c2ccc(Cl)cc2)ccc1OCCn1c(O)ccc1O. The quantitative estimate of drug-likeness (QED) is 0.285. The Labute approximate surface area is 216 Å². The van der Waals surface area contributed by atoms with Gasteiger partial charge in [0.15, 0.2) is 11.8 Å². The van der Waals surface area contributed by atoms with Crippen LogP contribution >= 0.6 is 11.6 Å². The smallest absolute Gasteiger partial charge is 0.305 e. The lowest BCUT2D eigenvalue weighted by Crippen LogP contribution is -2.36. The number of ether oxygens (including phenoxy) is 1. The first-order valence-corrected chi connectivity index (χ1v) is 12.7. The molecule has 1 aromatic heterocycles. The van der Waals surface area contributed by atoms with Crippen molar-refractivity contribution in [2.45, 2.75) is 51.7 Å². The number of carboxylic acids is 1. The molecule has 0 bridgehead atoms. The molecule has 0 amide bonds. The van der Waals surface area contributed by atoms with Crippen LogP contribution < -0.4 is 4.74 Å². The molecule has 0 radical (unpaired) electrons. The molecule has 1 aliphatic rings. The second-order valence-corrected chi connectivity index (χ2v) is 9.98. The van der Waals surface area contributed by atoms with Crippen molar-refractivity contribution in [1.82, 2.24) is 9.47 Å². The first-order valence-electron chi connectivity index (χ1n) is 12.3. The highest BCUT2D eigenvalue weighted by atomic mass is 35.5. The van der Waals surface area contributed by atoms with E-state index < -0.39 is 5.97 Å². The number of nitrogens with zero attached hydrogens (tertiary/aromatic N) is 2. The molecule has 0 aliphatic heterocycles. The minimum absolute atomic E-state index is 0.00803. The molecular formula is C28H33ClN2O5. The molecule has 1 heterocycles. The van der Waals surface area contributed by atoms with Crippen LogP contribution in [0.5, 0.6) is 17.5 Å². The molecule has 4 rings (SSSR count). The van der Waals surface area contributed by atoms with E-state index in [1.54, 1.807) is 0 Å². The lowest BCUT2D eigenvalue weighted by molar-refractivity contribution is -0.138. The van der Waals surface area contributed by atoms with Crippen molar-refractivity contribution in [1.29, 1.82) is 0 Å². The van der Waals surface area contributed by atoms with Gasteiger partial charge in [-0.3, -0.25) is 14.3 Å². The largest absolute Gasteiger partial charge is 0.494 e.